The van der Waals surface area contributed by atoms with Crippen LogP contribution in [0.1, 0.15) is 25.0 Å². The van der Waals surface area contributed by atoms with Gasteiger partial charge in [-0.1, -0.05) is 32.0 Å². The van der Waals surface area contributed by atoms with Gasteiger partial charge in [0.25, 0.3) is 0 Å². The van der Waals surface area contributed by atoms with E-state index in [2.05, 4.69) is 24.1 Å². The number of nitrogens with one attached hydrogen (secondary N) is 1. The average Bonchev–Trinajstić information content (AvgIpc) is 2.72. The van der Waals surface area contributed by atoms with Gasteiger partial charge >= 0.3 is 0 Å². The Labute approximate surface area is 167 Å². The standard InChI is InChI=1S/C22H31FN2O3/c1-4-25(5-2)15-20(26)16-28-21-11-8-18(12-22(21)27-3)14-24-13-17-6-9-19(23)10-7-17/h6-12,20,24,26H,4-5,13-16H2,1-3H3. The summed E-state index contributed by atoms with van der Waals surface area (Å²) < 4.78 is 24.1. The Bertz CT molecular complexity index is 705. The highest BCUT2D eigenvalue weighted by atomic mass is 19.1. The number of likely N-dealkylation sites (N-methyl/N-ethyl adjacent to an activating group) is 1. The topological polar surface area (TPSA) is 54.0 Å². The molecule has 0 fully saturated rings. The number of ether oxygens (including phenoxy) is 2. The Kier molecular flexibility index (Phi) is 9.20. The lowest BCUT2D eigenvalue weighted by Crippen LogP contribution is -2.35. The molecule has 6 heteroatoms. The van der Waals surface area contributed by atoms with E-state index in [4.69, 9.17) is 9.47 Å². The predicted octanol–water partition coefficient (Wildman–Crippen LogP) is 3.21. The van der Waals surface area contributed by atoms with Gasteiger partial charge in [-0.15, -0.1) is 0 Å². The van der Waals surface area contributed by atoms with Crippen LogP contribution in [0.4, 0.5) is 4.39 Å². The summed E-state index contributed by atoms with van der Waals surface area (Å²) in [6.45, 7) is 8.05. The van der Waals surface area contributed by atoms with E-state index in [-0.39, 0.29) is 12.4 Å². The lowest BCUT2D eigenvalue weighted by molar-refractivity contribution is 0.0705. The summed E-state index contributed by atoms with van der Waals surface area (Å²) >= 11 is 0. The van der Waals surface area contributed by atoms with Crippen molar-refractivity contribution >= 4 is 0 Å². The summed E-state index contributed by atoms with van der Waals surface area (Å²) in [5.41, 5.74) is 2.07. The number of aliphatic hydroxyl groups is 1. The first kappa shape index (κ1) is 22.1. The largest absolute Gasteiger partial charge is 0.493 e. The molecular weight excluding hydrogens is 359 g/mol. The van der Waals surface area contributed by atoms with Crippen LogP contribution >= 0.6 is 0 Å². The maximum Gasteiger partial charge on any atom is 0.161 e. The zero-order chi connectivity index (χ0) is 20.4. The molecule has 2 aromatic carbocycles. The SMILES string of the molecule is CCN(CC)CC(O)COc1ccc(CNCc2ccc(F)cc2)cc1OC. The van der Waals surface area contributed by atoms with E-state index in [0.29, 0.717) is 31.1 Å². The zero-order valence-corrected chi connectivity index (χ0v) is 17.0. The van der Waals surface area contributed by atoms with Crippen molar-refractivity contribution in [2.24, 2.45) is 0 Å². The van der Waals surface area contributed by atoms with Crippen LogP contribution in [-0.4, -0.2) is 49.5 Å². The molecule has 1 atom stereocenters. The van der Waals surface area contributed by atoms with Crippen molar-refractivity contribution in [1.82, 2.24) is 10.2 Å². The van der Waals surface area contributed by atoms with Gasteiger partial charge in [-0.3, -0.25) is 0 Å². The second-order valence-corrected chi connectivity index (χ2v) is 6.67. The molecular formula is C22H31FN2O3. The number of aliphatic hydroxyl groups excluding tert-OH is 1. The first-order valence-electron chi connectivity index (χ1n) is 9.71. The molecule has 0 spiro atoms. The summed E-state index contributed by atoms with van der Waals surface area (Å²) in [7, 11) is 1.60. The molecule has 0 amide bonds. The van der Waals surface area contributed by atoms with Gasteiger partial charge < -0.3 is 24.8 Å². The highest BCUT2D eigenvalue weighted by Gasteiger charge is 2.12. The van der Waals surface area contributed by atoms with Gasteiger partial charge in [0.15, 0.2) is 11.5 Å². The lowest BCUT2D eigenvalue weighted by atomic mass is 10.2. The normalized spacial score (nSPS) is 12.2. The number of benzene rings is 2. The third kappa shape index (κ3) is 7.11. The van der Waals surface area contributed by atoms with Gasteiger partial charge in [-0.25, -0.2) is 4.39 Å². The van der Waals surface area contributed by atoms with Crippen molar-refractivity contribution in [2.75, 3.05) is 33.4 Å². The van der Waals surface area contributed by atoms with Crippen LogP contribution < -0.4 is 14.8 Å². The second-order valence-electron chi connectivity index (χ2n) is 6.67. The summed E-state index contributed by atoms with van der Waals surface area (Å²) in [6.07, 6.45) is -0.554. The maximum absolute atomic E-state index is 12.9. The monoisotopic (exact) mass is 390 g/mol. The van der Waals surface area contributed by atoms with Gasteiger partial charge in [0, 0.05) is 19.6 Å². The number of hydrogen-bond donors (Lipinski definition) is 2. The van der Waals surface area contributed by atoms with Crippen LogP contribution in [0.2, 0.25) is 0 Å². The minimum Gasteiger partial charge on any atom is -0.493 e. The summed E-state index contributed by atoms with van der Waals surface area (Å²) in [4.78, 5) is 2.15. The molecule has 0 bridgehead atoms. The molecule has 2 aromatic rings. The first-order valence-corrected chi connectivity index (χ1v) is 9.71. The van der Waals surface area contributed by atoms with Crippen molar-refractivity contribution in [3.63, 3.8) is 0 Å². The van der Waals surface area contributed by atoms with Gasteiger partial charge in [-0.2, -0.15) is 0 Å². The van der Waals surface area contributed by atoms with E-state index in [1.165, 1.54) is 12.1 Å². The van der Waals surface area contributed by atoms with Crippen molar-refractivity contribution in [3.8, 4) is 11.5 Å². The number of rotatable bonds is 12. The van der Waals surface area contributed by atoms with Crippen LogP contribution in [0.15, 0.2) is 42.5 Å². The van der Waals surface area contributed by atoms with E-state index < -0.39 is 6.10 Å². The van der Waals surface area contributed by atoms with E-state index in [1.807, 2.05) is 18.2 Å². The molecule has 0 aromatic heterocycles. The van der Waals surface area contributed by atoms with Crippen LogP contribution in [0.5, 0.6) is 11.5 Å². The molecule has 0 aliphatic carbocycles. The molecule has 28 heavy (non-hydrogen) atoms. The van der Waals surface area contributed by atoms with Gasteiger partial charge in [0.2, 0.25) is 0 Å². The minimum absolute atomic E-state index is 0.217. The Morgan fingerprint density at radius 2 is 1.64 bits per heavy atom. The molecule has 2 rings (SSSR count). The van der Waals surface area contributed by atoms with Crippen LogP contribution in [0, 0.1) is 5.82 Å². The van der Waals surface area contributed by atoms with Gasteiger partial charge in [0.05, 0.1) is 7.11 Å². The number of nitrogens with zero attached hydrogens (tertiary/aromatic N) is 1. The van der Waals surface area contributed by atoms with E-state index in [9.17, 15) is 9.50 Å². The first-order chi connectivity index (χ1) is 13.5. The molecule has 0 saturated carbocycles. The number of methoxy groups -OCH3 is 1. The van der Waals surface area contributed by atoms with E-state index >= 15 is 0 Å². The Morgan fingerprint density at radius 3 is 2.29 bits per heavy atom. The summed E-state index contributed by atoms with van der Waals surface area (Å²) in [5, 5.41) is 13.5. The molecule has 0 radical (unpaired) electrons. The summed E-state index contributed by atoms with van der Waals surface area (Å²) in [6, 6.07) is 12.2. The lowest BCUT2D eigenvalue weighted by Gasteiger charge is -2.22. The fourth-order valence-electron chi connectivity index (χ4n) is 2.91. The second kappa shape index (κ2) is 11.6. The molecule has 0 heterocycles. The smallest absolute Gasteiger partial charge is 0.161 e. The van der Waals surface area contributed by atoms with E-state index in [1.54, 1.807) is 19.2 Å². The van der Waals surface area contributed by atoms with Crippen LogP contribution in [0.25, 0.3) is 0 Å². The molecule has 1 unspecified atom stereocenters. The predicted molar refractivity (Wildman–Crippen MR) is 109 cm³/mol. The highest BCUT2D eigenvalue weighted by Crippen LogP contribution is 2.28. The van der Waals surface area contributed by atoms with Crippen LogP contribution in [0.3, 0.4) is 0 Å². The molecule has 0 aliphatic rings. The molecule has 2 N–H and O–H groups in total. The third-order valence-corrected chi connectivity index (χ3v) is 4.59. The van der Waals surface area contributed by atoms with Crippen molar-refractivity contribution in [3.05, 3.63) is 59.4 Å². The molecule has 154 valence electrons. The maximum atomic E-state index is 12.9. The Hall–Kier alpha value is -2.15. The minimum atomic E-state index is -0.554. The highest BCUT2D eigenvalue weighted by molar-refractivity contribution is 5.43. The quantitative estimate of drug-likeness (QED) is 0.583. The Morgan fingerprint density at radius 1 is 1.00 bits per heavy atom. The summed E-state index contributed by atoms with van der Waals surface area (Å²) in [5.74, 6) is 1.02. The molecule has 5 nitrogen and oxygen atoms in total. The average molecular weight is 390 g/mol. The van der Waals surface area contributed by atoms with Gasteiger partial charge in [-0.05, 0) is 48.5 Å². The fraction of sp³-hybridized carbons (Fsp3) is 0.455. The van der Waals surface area contributed by atoms with Crippen molar-refractivity contribution < 1.29 is 19.0 Å². The number of halogens is 1. The Balaban J connectivity index is 1.85. The molecule has 0 aliphatic heterocycles. The van der Waals surface area contributed by atoms with Gasteiger partial charge in [0.1, 0.15) is 18.5 Å². The van der Waals surface area contributed by atoms with Crippen molar-refractivity contribution in [2.45, 2.75) is 33.0 Å². The van der Waals surface area contributed by atoms with E-state index in [0.717, 1.165) is 24.2 Å². The number of hydrogen-bond acceptors (Lipinski definition) is 5. The zero-order valence-electron chi connectivity index (χ0n) is 17.0. The fourth-order valence-corrected chi connectivity index (χ4v) is 2.91. The van der Waals surface area contributed by atoms with Crippen LogP contribution in [-0.2, 0) is 13.1 Å². The third-order valence-electron chi connectivity index (χ3n) is 4.59. The van der Waals surface area contributed by atoms with Crippen molar-refractivity contribution in [1.29, 1.82) is 0 Å². The molecule has 0 saturated heterocycles.